The molecule has 3 atom stereocenters. The van der Waals surface area contributed by atoms with Gasteiger partial charge in [-0.05, 0) is 86.5 Å². The fourth-order valence-corrected chi connectivity index (χ4v) is 4.71. The number of nitrogens with zero attached hydrogens (tertiary/aromatic N) is 1. The van der Waals surface area contributed by atoms with E-state index in [0.29, 0.717) is 11.8 Å². The fraction of sp³-hybridized carbons (Fsp3) is 0.478. The van der Waals surface area contributed by atoms with E-state index in [1.807, 2.05) is 24.3 Å². The lowest BCUT2D eigenvalue weighted by Gasteiger charge is -2.38. The number of likely N-dealkylation sites (tertiary alicyclic amines) is 1. The van der Waals surface area contributed by atoms with Crippen molar-refractivity contribution in [2.45, 2.75) is 52.2 Å². The molecule has 2 aromatic rings. The number of ether oxygens (including phenoxy) is 1. The largest absolute Gasteiger partial charge is 0.508 e. The van der Waals surface area contributed by atoms with Crippen molar-refractivity contribution >= 4 is 0 Å². The number of phenolic OH excluding ortho intramolecular Hbond substituents is 1. The number of benzene rings is 2. The van der Waals surface area contributed by atoms with Crippen LogP contribution in [0.15, 0.2) is 36.4 Å². The van der Waals surface area contributed by atoms with Crippen LogP contribution >= 0.6 is 0 Å². The van der Waals surface area contributed by atoms with Gasteiger partial charge in [-0.3, -0.25) is 4.90 Å². The SMILES string of the molecule is Cc1cccc(O[C@H]2c3cc(O)cc(C)c3CC2N2CCCC(C)C2)c1. The van der Waals surface area contributed by atoms with Gasteiger partial charge >= 0.3 is 0 Å². The number of hydrogen-bond donors (Lipinski definition) is 1. The lowest BCUT2D eigenvalue weighted by molar-refractivity contribution is 0.0504. The summed E-state index contributed by atoms with van der Waals surface area (Å²) in [5.41, 5.74) is 4.89. The highest BCUT2D eigenvalue weighted by Crippen LogP contribution is 2.42. The van der Waals surface area contributed by atoms with E-state index in [1.54, 1.807) is 0 Å². The number of rotatable bonds is 3. The second kappa shape index (κ2) is 6.96. The highest BCUT2D eigenvalue weighted by Gasteiger charge is 2.40. The minimum absolute atomic E-state index is 0.0251. The highest BCUT2D eigenvalue weighted by molar-refractivity contribution is 5.47. The van der Waals surface area contributed by atoms with Gasteiger partial charge in [0.05, 0.1) is 6.04 Å². The van der Waals surface area contributed by atoms with Gasteiger partial charge in [0.15, 0.2) is 0 Å². The Morgan fingerprint density at radius 3 is 2.77 bits per heavy atom. The quantitative estimate of drug-likeness (QED) is 0.863. The van der Waals surface area contributed by atoms with E-state index in [-0.39, 0.29) is 6.10 Å². The third kappa shape index (κ3) is 3.33. The molecule has 0 saturated carbocycles. The van der Waals surface area contributed by atoms with Crippen LogP contribution in [0.25, 0.3) is 0 Å². The Hall–Kier alpha value is -2.00. The first-order valence-corrected chi connectivity index (χ1v) is 9.81. The van der Waals surface area contributed by atoms with Gasteiger partial charge in [-0.2, -0.15) is 0 Å². The molecule has 2 aromatic carbocycles. The lowest BCUT2D eigenvalue weighted by atomic mass is 9.97. The van der Waals surface area contributed by atoms with Crippen LogP contribution in [0.3, 0.4) is 0 Å². The molecule has 3 heteroatoms. The molecule has 3 nitrogen and oxygen atoms in total. The second-order valence-corrected chi connectivity index (χ2v) is 8.20. The second-order valence-electron chi connectivity index (χ2n) is 8.20. The van der Waals surface area contributed by atoms with Crippen molar-refractivity contribution < 1.29 is 9.84 Å². The zero-order valence-corrected chi connectivity index (χ0v) is 16.0. The molecule has 2 unspecified atom stereocenters. The molecule has 0 aromatic heterocycles. The first-order valence-electron chi connectivity index (χ1n) is 9.81. The third-order valence-corrected chi connectivity index (χ3v) is 5.97. The van der Waals surface area contributed by atoms with Gasteiger partial charge in [-0.25, -0.2) is 0 Å². The van der Waals surface area contributed by atoms with Gasteiger partial charge in [0.1, 0.15) is 17.6 Å². The summed E-state index contributed by atoms with van der Waals surface area (Å²) < 4.78 is 6.54. The predicted molar refractivity (Wildman–Crippen MR) is 105 cm³/mol. The Kier molecular flexibility index (Phi) is 4.66. The van der Waals surface area contributed by atoms with Crippen molar-refractivity contribution in [3.63, 3.8) is 0 Å². The number of phenols is 1. The standard InChI is InChI=1S/C23H29NO2/c1-15-6-4-8-19(10-15)26-23-21-12-18(25)11-17(3)20(21)13-22(23)24-9-5-7-16(2)14-24/h4,6,8,10-12,16,22-23,25H,5,7,9,13-14H2,1-3H3/t16?,22?,23-/m0/s1. The monoisotopic (exact) mass is 351 g/mol. The number of hydrogen-bond acceptors (Lipinski definition) is 3. The van der Waals surface area contributed by atoms with Gasteiger partial charge in [0.25, 0.3) is 0 Å². The topological polar surface area (TPSA) is 32.7 Å². The lowest BCUT2D eigenvalue weighted by Crippen LogP contribution is -2.45. The van der Waals surface area contributed by atoms with Crippen LogP contribution in [0.2, 0.25) is 0 Å². The first kappa shape index (κ1) is 17.4. The van der Waals surface area contributed by atoms with Crippen molar-refractivity contribution in [2.75, 3.05) is 13.1 Å². The Labute approximate surface area is 156 Å². The number of fused-ring (bicyclic) bond motifs is 1. The molecule has 0 amide bonds. The molecule has 0 radical (unpaired) electrons. The zero-order chi connectivity index (χ0) is 18.3. The average molecular weight is 351 g/mol. The van der Waals surface area contributed by atoms with E-state index in [4.69, 9.17) is 4.74 Å². The molecule has 4 rings (SSSR count). The van der Waals surface area contributed by atoms with E-state index in [1.165, 1.54) is 29.5 Å². The van der Waals surface area contributed by atoms with Crippen LogP contribution in [0.4, 0.5) is 0 Å². The first-order chi connectivity index (χ1) is 12.5. The third-order valence-electron chi connectivity index (χ3n) is 5.97. The molecule has 1 heterocycles. The number of piperidine rings is 1. The smallest absolute Gasteiger partial charge is 0.140 e. The normalized spacial score (nSPS) is 25.9. The summed E-state index contributed by atoms with van der Waals surface area (Å²) in [6, 6.07) is 12.4. The van der Waals surface area contributed by atoms with Crippen LogP contribution in [0.1, 0.15) is 48.1 Å². The minimum Gasteiger partial charge on any atom is -0.508 e. The maximum atomic E-state index is 10.2. The summed E-state index contributed by atoms with van der Waals surface area (Å²) in [5, 5.41) is 10.2. The van der Waals surface area contributed by atoms with Crippen molar-refractivity contribution in [2.24, 2.45) is 5.92 Å². The van der Waals surface area contributed by atoms with Crippen LogP contribution in [0, 0.1) is 19.8 Å². The van der Waals surface area contributed by atoms with Crippen LogP contribution in [-0.2, 0) is 6.42 Å². The molecular formula is C23H29NO2. The Morgan fingerprint density at radius 2 is 2.00 bits per heavy atom. The molecular weight excluding hydrogens is 322 g/mol. The molecule has 138 valence electrons. The molecule has 2 aliphatic rings. The minimum atomic E-state index is -0.0251. The van der Waals surface area contributed by atoms with Crippen molar-refractivity contribution in [3.8, 4) is 11.5 Å². The summed E-state index contributed by atoms with van der Waals surface area (Å²) in [4.78, 5) is 2.62. The molecule has 1 aliphatic heterocycles. The molecule has 1 fully saturated rings. The van der Waals surface area contributed by atoms with Crippen molar-refractivity contribution in [1.29, 1.82) is 0 Å². The summed E-state index contributed by atoms with van der Waals surface area (Å²) in [6.45, 7) is 8.82. The Balaban J connectivity index is 1.70. The molecule has 1 N–H and O–H groups in total. The summed E-state index contributed by atoms with van der Waals surface area (Å²) in [7, 11) is 0. The average Bonchev–Trinajstić information content (AvgIpc) is 2.94. The van der Waals surface area contributed by atoms with Gasteiger partial charge in [0, 0.05) is 12.1 Å². The summed E-state index contributed by atoms with van der Waals surface area (Å²) in [6.07, 6.45) is 3.56. The Bertz CT molecular complexity index is 801. The maximum absolute atomic E-state index is 10.2. The number of aryl methyl sites for hydroxylation is 2. The number of aromatic hydroxyl groups is 1. The van der Waals surface area contributed by atoms with Gasteiger partial charge in [-0.1, -0.05) is 19.1 Å². The fourth-order valence-electron chi connectivity index (χ4n) is 4.71. The molecule has 26 heavy (non-hydrogen) atoms. The van der Waals surface area contributed by atoms with E-state index in [2.05, 4.69) is 37.8 Å². The molecule has 1 saturated heterocycles. The summed E-state index contributed by atoms with van der Waals surface area (Å²) >= 11 is 0. The Morgan fingerprint density at radius 1 is 1.15 bits per heavy atom. The molecule has 1 aliphatic carbocycles. The van der Waals surface area contributed by atoms with Crippen LogP contribution in [0.5, 0.6) is 11.5 Å². The van der Waals surface area contributed by atoms with Crippen molar-refractivity contribution in [1.82, 2.24) is 4.90 Å². The summed E-state index contributed by atoms with van der Waals surface area (Å²) in [5.74, 6) is 1.99. The highest BCUT2D eigenvalue weighted by atomic mass is 16.5. The van der Waals surface area contributed by atoms with Gasteiger partial charge in [-0.15, -0.1) is 0 Å². The zero-order valence-electron chi connectivity index (χ0n) is 16.0. The maximum Gasteiger partial charge on any atom is 0.140 e. The predicted octanol–water partition coefficient (Wildman–Crippen LogP) is 4.79. The van der Waals surface area contributed by atoms with Crippen molar-refractivity contribution in [3.05, 3.63) is 58.7 Å². The van der Waals surface area contributed by atoms with Crippen LogP contribution in [-0.4, -0.2) is 29.1 Å². The van der Waals surface area contributed by atoms with Crippen LogP contribution < -0.4 is 4.74 Å². The molecule has 0 spiro atoms. The van der Waals surface area contributed by atoms with E-state index >= 15 is 0 Å². The van der Waals surface area contributed by atoms with Gasteiger partial charge < -0.3 is 9.84 Å². The van der Waals surface area contributed by atoms with E-state index in [0.717, 1.165) is 36.7 Å². The van der Waals surface area contributed by atoms with E-state index in [9.17, 15) is 5.11 Å². The molecule has 0 bridgehead atoms. The van der Waals surface area contributed by atoms with E-state index < -0.39 is 0 Å². The van der Waals surface area contributed by atoms with Gasteiger partial charge in [0.2, 0.25) is 0 Å².